The first-order chi connectivity index (χ1) is 16.4. The number of nitrogens with zero attached hydrogens (tertiary/aromatic N) is 2. The number of nitro groups is 1. The molecule has 0 bridgehead atoms. The van der Waals surface area contributed by atoms with E-state index in [1.165, 1.54) is 55.6 Å². The zero-order chi connectivity index (χ0) is 24.2. The van der Waals surface area contributed by atoms with Crippen LogP contribution in [0.3, 0.4) is 0 Å². The minimum Gasteiger partial charge on any atom is -0.493 e. The van der Waals surface area contributed by atoms with E-state index in [1.807, 2.05) is 12.1 Å². The summed E-state index contributed by atoms with van der Waals surface area (Å²) in [4.78, 5) is 25.5. The molecular formula is C25H23FN2O6. The van der Waals surface area contributed by atoms with Gasteiger partial charge in [0.1, 0.15) is 18.2 Å². The molecule has 1 aliphatic rings. The third-order valence-corrected chi connectivity index (χ3v) is 5.81. The first-order valence-electron chi connectivity index (χ1n) is 10.6. The fourth-order valence-corrected chi connectivity index (χ4v) is 4.05. The molecule has 3 aromatic rings. The van der Waals surface area contributed by atoms with E-state index in [2.05, 4.69) is 0 Å². The third kappa shape index (κ3) is 4.63. The number of hydrogen-bond acceptors (Lipinski definition) is 6. The predicted octanol–water partition coefficient (Wildman–Crippen LogP) is 4.57. The van der Waals surface area contributed by atoms with Gasteiger partial charge in [0.25, 0.3) is 11.6 Å². The zero-order valence-electron chi connectivity index (χ0n) is 18.7. The molecule has 0 saturated heterocycles. The molecule has 1 aliphatic heterocycles. The van der Waals surface area contributed by atoms with Gasteiger partial charge in [-0.1, -0.05) is 0 Å². The summed E-state index contributed by atoms with van der Waals surface area (Å²) in [6.07, 6.45) is 0.594. The van der Waals surface area contributed by atoms with Crippen LogP contribution < -0.4 is 14.2 Å². The largest absolute Gasteiger partial charge is 0.493 e. The fraction of sp³-hybridized carbons (Fsp3) is 0.240. The van der Waals surface area contributed by atoms with E-state index in [9.17, 15) is 19.3 Å². The summed E-state index contributed by atoms with van der Waals surface area (Å²) >= 11 is 0. The summed E-state index contributed by atoms with van der Waals surface area (Å²) < 4.78 is 30.2. The second kappa shape index (κ2) is 9.78. The van der Waals surface area contributed by atoms with Crippen LogP contribution in [0.25, 0.3) is 0 Å². The van der Waals surface area contributed by atoms with Crippen LogP contribution in [-0.4, -0.2) is 43.1 Å². The Morgan fingerprint density at radius 2 is 1.71 bits per heavy atom. The summed E-state index contributed by atoms with van der Waals surface area (Å²) in [6.45, 7) is 0.528. The first-order valence-corrected chi connectivity index (χ1v) is 10.6. The quantitative estimate of drug-likeness (QED) is 0.374. The lowest BCUT2D eigenvalue weighted by Gasteiger charge is -2.37. The Labute approximate surface area is 195 Å². The Morgan fingerprint density at radius 3 is 2.32 bits per heavy atom. The van der Waals surface area contributed by atoms with Crippen LogP contribution in [0.4, 0.5) is 10.1 Å². The van der Waals surface area contributed by atoms with E-state index in [1.54, 1.807) is 12.0 Å². The highest BCUT2D eigenvalue weighted by Crippen LogP contribution is 2.39. The maximum absolute atomic E-state index is 13.4. The number of fused-ring (bicyclic) bond motifs is 1. The average Bonchev–Trinajstić information content (AvgIpc) is 2.86. The normalized spacial score (nSPS) is 14.8. The lowest BCUT2D eigenvalue weighted by atomic mass is 9.91. The maximum atomic E-state index is 13.4. The predicted molar refractivity (Wildman–Crippen MR) is 122 cm³/mol. The van der Waals surface area contributed by atoms with Crippen molar-refractivity contribution >= 4 is 11.6 Å². The van der Waals surface area contributed by atoms with Gasteiger partial charge in [-0.2, -0.15) is 0 Å². The zero-order valence-corrected chi connectivity index (χ0v) is 18.7. The molecule has 1 atom stereocenters. The van der Waals surface area contributed by atoms with Crippen molar-refractivity contribution in [1.82, 2.24) is 4.90 Å². The lowest BCUT2D eigenvalue weighted by molar-refractivity contribution is -0.384. The number of amides is 1. The molecule has 0 aliphatic carbocycles. The number of benzene rings is 3. The summed E-state index contributed by atoms with van der Waals surface area (Å²) in [6, 6.07) is 14.4. The molecule has 1 unspecified atom stereocenters. The second-order valence-electron chi connectivity index (χ2n) is 7.74. The third-order valence-electron chi connectivity index (χ3n) is 5.81. The molecule has 1 heterocycles. The van der Waals surface area contributed by atoms with E-state index in [4.69, 9.17) is 14.2 Å². The van der Waals surface area contributed by atoms with Gasteiger partial charge in [0.15, 0.2) is 11.5 Å². The van der Waals surface area contributed by atoms with Crippen molar-refractivity contribution in [3.8, 4) is 17.2 Å². The molecule has 0 spiro atoms. The number of non-ortho nitro benzene ring substituents is 1. The van der Waals surface area contributed by atoms with Crippen molar-refractivity contribution in [2.75, 3.05) is 27.4 Å². The molecule has 1 amide bonds. The van der Waals surface area contributed by atoms with Gasteiger partial charge in [-0.25, -0.2) is 4.39 Å². The van der Waals surface area contributed by atoms with E-state index < -0.39 is 16.8 Å². The standard InChI is InChI=1S/C25H23FN2O6/c1-32-23-13-17-11-12-27(25(29)16-3-5-18(26)6-4-16)22(21(17)14-24(23)33-2)15-34-20-9-7-19(8-10-20)28(30)31/h3-10,13-14,22H,11-12,15H2,1-2H3. The van der Waals surface area contributed by atoms with Crippen molar-refractivity contribution in [1.29, 1.82) is 0 Å². The van der Waals surface area contributed by atoms with Gasteiger partial charge in [0, 0.05) is 24.2 Å². The molecule has 4 rings (SSSR count). The van der Waals surface area contributed by atoms with Crippen LogP contribution in [-0.2, 0) is 6.42 Å². The average molecular weight is 466 g/mol. The SMILES string of the molecule is COc1cc2c(cc1OC)C(COc1ccc([N+](=O)[O-])cc1)N(C(=O)c1ccc(F)cc1)CC2. The molecule has 8 nitrogen and oxygen atoms in total. The maximum Gasteiger partial charge on any atom is 0.269 e. The molecule has 0 fully saturated rings. The molecule has 0 aromatic heterocycles. The van der Waals surface area contributed by atoms with Crippen LogP contribution in [0, 0.1) is 15.9 Å². The molecular weight excluding hydrogens is 443 g/mol. The minimum absolute atomic E-state index is 0.0414. The molecule has 0 radical (unpaired) electrons. The Bertz CT molecular complexity index is 1200. The highest BCUT2D eigenvalue weighted by atomic mass is 19.1. The van der Waals surface area contributed by atoms with Crippen molar-refractivity contribution in [3.05, 3.63) is 93.3 Å². The monoisotopic (exact) mass is 466 g/mol. The Balaban J connectivity index is 1.67. The Morgan fingerprint density at radius 1 is 1.06 bits per heavy atom. The topological polar surface area (TPSA) is 91.1 Å². The van der Waals surface area contributed by atoms with Crippen LogP contribution >= 0.6 is 0 Å². The Kier molecular flexibility index (Phi) is 6.62. The molecule has 0 N–H and O–H groups in total. The van der Waals surface area contributed by atoms with Gasteiger partial charge in [0.2, 0.25) is 0 Å². The molecule has 34 heavy (non-hydrogen) atoms. The second-order valence-corrected chi connectivity index (χ2v) is 7.74. The van der Waals surface area contributed by atoms with E-state index in [0.29, 0.717) is 35.8 Å². The van der Waals surface area contributed by atoms with E-state index in [0.717, 1.165) is 11.1 Å². The fourth-order valence-electron chi connectivity index (χ4n) is 4.05. The Hall–Kier alpha value is -4.14. The molecule has 176 valence electrons. The van der Waals surface area contributed by atoms with Gasteiger partial charge in [-0.3, -0.25) is 14.9 Å². The van der Waals surface area contributed by atoms with E-state index >= 15 is 0 Å². The molecule has 3 aromatic carbocycles. The number of rotatable bonds is 7. The van der Waals surface area contributed by atoms with Crippen molar-refractivity contribution < 1.29 is 28.3 Å². The van der Waals surface area contributed by atoms with Gasteiger partial charge in [0.05, 0.1) is 25.2 Å². The van der Waals surface area contributed by atoms with Crippen LogP contribution in [0.15, 0.2) is 60.7 Å². The van der Waals surface area contributed by atoms with Crippen molar-refractivity contribution in [2.45, 2.75) is 12.5 Å². The van der Waals surface area contributed by atoms with Gasteiger partial charge >= 0.3 is 0 Å². The van der Waals surface area contributed by atoms with Gasteiger partial charge in [-0.15, -0.1) is 0 Å². The van der Waals surface area contributed by atoms with E-state index in [-0.39, 0.29) is 18.2 Å². The van der Waals surface area contributed by atoms with Crippen LogP contribution in [0.5, 0.6) is 17.2 Å². The number of carbonyl (C=O) groups excluding carboxylic acids is 1. The minimum atomic E-state index is -0.482. The van der Waals surface area contributed by atoms with Gasteiger partial charge < -0.3 is 19.1 Å². The van der Waals surface area contributed by atoms with Gasteiger partial charge in [-0.05, 0) is 66.1 Å². The number of carbonyl (C=O) groups is 1. The number of ether oxygens (including phenoxy) is 3. The summed E-state index contributed by atoms with van der Waals surface area (Å²) in [5, 5.41) is 10.9. The van der Waals surface area contributed by atoms with Crippen molar-refractivity contribution in [3.63, 3.8) is 0 Å². The summed E-state index contributed by atoms with van der Waals surface area (Å²) in [5.41, 5.74) is 2.17. The number of methoxy groups -OCH3 is 2. The smallest absolute Gasteiger partial charge is 0.269 e. The lowest BCUT2D eigenvalue weighted by Crippen LogP contribution is -2.42. The van der Waals surface area contributed by atoms with Crippen LogP contribution in [0.2, 0.25) is 0 Å². The van der Waals surface area contributed by atoms with Crippen molar-refractivity contribution in [2.24, 2.45) is 0 Å². The number of nitro benzene ring substituents is 1. The highest BCUT2D eigenvalue weighted by Gasteiger charge is 2.33. The highest BCUT2D eigenvalue weighted by molar-refractivity contribution is 5.94. The molecule has 0 saturated carbocycles. The number of halogens is 1. The summed E-state index contributed by atoms with van der Waals surface area (Å²) in [5.74, 6) is 0.882. The number of hydrogen-bond donors (Lipinski definition) is 0. The summed E-state index contributed by atoms with van der Waals surface area (Å²) in [7, 11) is 3.10. The van der Waals surface area contributed by atoms with Crippen LogP contribution in [0.1, 0.15) is 27.5 Å². The first kappa shape index (κ1) is 23.0. The molecule has 9 heteroatoms.